The van der Waals surface area contributed by atoms with Crippen molar-refractivity contribution < 1.29 is 23.8 Å². The minimum absolute atomic E-state index is 0.0673. The molecule has 1 unspecified atom stereocenters. The summed E-state index contributed by atoms with van der Waals surface area (Å²) in [5, 5.41) is 0. The molecule has 0 aromatic heterocycles. The lowest BCUT2D eigenvalue weighted by Crippen LogP contribution is -2.30. The van der Waals surface area contributed by atoms with Crippen molar-refractivity contribution in [3.8, 4) is 0 Å². The van der Waals surface area contributed by atoms with E-state index in [1.165, 1.54) is 122 Å². The number of ether oxygens (including phenoxy) is 3. The monoisotopic (exact) mass is 945 g/mol. The minimum Gasteiger partial charge on any atom is -0.462 e. The van der Waals surface area contributed by atoms with Gasteiger partial charge in [0.25, 0.3) is 0 Å². The summed E-state index contributed by atoms with van der Waals surface area (Å²) < 4.78 is 17.5. The highest BCUT2D eigenvalue weighted by molar-refractivity contribution is 5.70. The van der Waals surface area contributed by atoms with E-state index in [-0.39, 0.29) is 25.2 Å². The van der Waals surface area contributed by atoms with Gasteiger partial charge in [-0.2, -0.15) is 0 Å². The van der Waals surface area contributed by atoms with E-state index in [9.17, 15) is 9.59 Å². The van der Waals surface area contributed by atoms with Crippen molar-refractivity contribution >= 4 is 11.9 Å². The highest BCUT2D eigenvalue weighted by Crippen LogP contribution is 2.14. The molecular weight excluding hydrogens is 837 g/mol. The topological polar surface area (TPSA) is 61.8 Å². The van der Waals surface area contributed by atoms with Crippen LogP contribution in [0, 0.1) is 0 Å². The van der Waals surface area contributed by atoms with Crippen molar-refractivity contribution in [3.63, 3.8) is 0 Å². The quantitative estimate of drug-likeness (QED) is 0.0345. The van der Waals surface area contributed by atoms with E-state index in [0.717, 1.165) is 109 Å². The van der Waals surface area contributed by atoms with Gasteiger partial charge in [-0.25, -0.2) is 0 Å². The predicted molar refractivity (Wildman–Crippen MR) is 297 cm³/mol. The van der Waals surface area contributed by atoms with Crippen LogP contribution in [0.1, 0.15) is 265 Å². The third-order valence-electron chi connectivity index (χ3n) is 12.1. The van der Waals surface area contributed by atoms with Gasteiger partial charge in [-0.1, -0.05) is 234 Å². The number of esters is 2. The first-order valence-corrected chi connectivity index (χ1v) is 28.8. The van der Waals surface area contributed by atoms with Crippen molar-refractivity contribution in [2.75, 3.05) is 19.8 Å². The molecule has 0 saturated carbocycles. The second-order valence-corrected chi connectivity index (χ2v) is 18.8. The first kappa shape index (κ1) is 64.8. The summed E-state index contributed by atoms with van der Waals surface area (Å²) in [6.07, 6.45) is 78.5. The molecule has 68 heavy (non-hydrogen) atoms. The van der Waals surface area contributed by atoms with Gasteiger partial charge in [0, 0.05) is 19.4 Å². The molecule has 0 fully saturated rings. The van der Waals surface area contributed by atoms with Crippen molar-refractivity contribution in [3.05, 3.63) is 97.2 Å². The second-order valence-electron chi connectivity index (χ2n) is 18.8. The Hall–Kier alpha value is -3.18. The minimum atomic E-state index is -0.557. The summed E-state index contributed by atoms with van der Waals surface area (Å²) in [6.45, 7) is 7.58. The number of allylic oxidation sites excluding steroid dienone is 16. The zero-order valence-corrected chi connectivity index (χ0v) is 44.8. The standard InChI is InChI=1S/C63H108O5/c1-4-7-10-13-16-19-22-25-28-31-32-34-35-38-41-44-47-50-53-56-62(64)67-60-61(59-66-58-55-52-49-46-43-40-37-30-27-24-21-18-15-12-9-6-3)68-63(65)57-54-51-48-45-42-39-36-33-29-26-23-20-17-14-11-8-5-2/h7-8,10-11,16-17,19-20,25-30,32,34,61H,4-6,9,12-15,18,21-24,31,33,35-60H2,1-3H3/b10-7-,11-8-,19-16-,20-17-,28-25-,29-26-,30-27-,34-32-. The number of hydrogen-bond donors (Lipinski definition) is 0. The molecule has 0 aromatic carbocycles. The smallest absolute Gasteiger partial charge is 0.306 e. The fourth-order valence-electron chi connectivity index (χ4n) is 7.86. The molecule has 5 nitrogen and oxygen atoms in total. The van der Waals surface area contributed by atoms with Gasteiger partial charge < -0.3 is 14.2 Å². The SMILES string of the molecule is CC/C=C\C/C=C\C/C=C\C/C=C\CCCCCCCCC(=O)OCC(COCCCCCCCC/C=C\CCCCCCCC)OC(=O)CCCCCCCCC/C=C\C/C=C\C/C=C\CC. The summed E-state index contributed by atoms with van der Waals surface area (Å²) in [5.74, 6) is -0.425. The third-order valence-corrected chi connectivity index (χ3v) is 12.1. The van der Waals surface area contributed by atoms with Crippen LogP contribution in [0.2, 0.25) is 0 Å². The van der Waals surface area contributed by atoms with Crippen LogP contribution in [0.3, 0.4) is 0 Å². The lowest BCUT2D eigenvalue weighted by molar-refractivity contribution is -0.163. The molecule has 0 N–H and O–H groups in total. The molecule has 0 radical (unpaired) electrons. The molecule has 0 aliphatic rings. The summed E-state index contributed by atoms with van der Waals surface area (Å²) in [4.78, 5) is 25.5. The Balaban J connectivity index is 4.34. The van der Waals surface area contributed by atoms with E-state index < -0.39 is 6.10 Å². The van der Waals surface area contributed by atoms with E-state index in [0.29, 0.717) is 19.4 Å². The zero-order chi connectivity index (χ0) is 49.2. The Morgan fingerprint density at radius 2 is 0.662 bits per heavy atom. The summed E-state index contributed by atoms with van der Waals surface area (Å²) >= 11 is 0. The molecule has 0 aliphatic carbocycles. The molecule has 390 valence electrons. The second kappa shape index (κ2) is 58.1. The molecule has 0 rings (SSSR count). The normalized spacial score (nSPS) is 12.9. The van der Waals surface area contributed by atoms with Gasteiger partial charge in [0.05, 0.1) is 6.61 Å². The number of unbranched alkanes of at least 4 members (excludes halogenated alkanes) is 25. The number of carbonyl (C=O) groups is 2. The van der Waals surface area contributed by atoms with Crippen LogP contribution in [-0.2, 0) is 23.8 Å². The van der Waals surface area contributed by atoms with Gasteiger partial charge in [0.1, 0.15) is 6.61 Å². The fraction of sp³-hybridized carbons (Fsp3) is 0.714. The maximum Gasteiger partial charge on any atom is 0.306 e. The lowest BCUT2D eigenvalue weighted by atomic mass is 10.1. The van der Waals surface area contributed by atoms with Crippen LogP contribution < -0.4 is 0 Å². The van der Waals surface area contributed by atoms with Crippen LogP contribution in [0.25, 0.3) is 0 Å². The van der Waals surface area contributed by atoms with Crippen LogP contribution in [0.15, 0.2) is 97.2 Å². The summed E-state index contributed by atoms with van der Waals surface area (Å²) in [7, 11) is 0. The molecule has 0 amide bonds. The molecule has 0 aliphatic heterocycles. The number of rotatable bonds is 52. The number of hydrogen-bond acceptors (Lipinski definition) is 5. The molecular formula is C63H108O5. The molecule has 0 heterocycles. The molecule has 0 spiro atoms. The van der Waals surface area contributed by atoms with E-state index in [1.807, 2.05) is 0 Å². The van der Waals surface area contributed by atoms with Crippen LogP contribution in [0.4, 0.5) is 0 Å². The van der Waals surface area contributed by atoms with Gasteiger partial charge in [-0.3, -0.25) is 9.59 Å². The highest BCUT2D eigenvalue weighted by atomic mass is 16.6. The largest absolute Gasteiger partial charge is 0.462 e. The zero-order valence-electron chi connectivity index (χ0n) is 44.8. The molecule has 5 heteroatoms. The highest BCUT2D eigenvalue weighted by Gasteiger charge is 2.17. The Morgan fingerprint density at radius 1 is 0.338 bits per heavy atom. The molecule has 1 atom stereocenters. The van der Waals surface area contributed by atoms with Crippen molar-refractivity contribution in [1.82, 2.24) is 0 Å². The maximum absolute atomic E-state index is 12.9. The summed E-state index contributed by atoms with van der Waals surface area (Å²) in [6, 6.07) is 0. The molecule has 0 saturated heterocycles. The Kier molecular flexibility index (Phi) is 55.4. The lowest BCUT2D eigenvalue weighted by Gasteiger charge is -2.18. The Bertz CT molecular complexity index is 1300. The fourth-order valence-corrected chi connectivity index (χ4v) is 7.86. The number of carbonyl (C=O) groups excluding carboxylic acids is 2. The maximum atomic E-state index is 12.9. The van der Waals surface area contributed by atoms with Crippen molar-refractivity contribution in [2.24, 2.45) is 0 Å². The van der Waals surface area contributed by atoms with Gasteiger partial charge in [-0.15, -0.1) is 0 Å². The Labute approximate surface area is 422 Å². The van der Waals surface area contributed by atoms with Gasteiger partial charge >= 0.3 is 11.9 Å². The van der Waals surface area contributed by atoms with E-state index >= 15 is 0 Å². The average Bonchev–Trinajstić information content (AvgIpc) is 3.34. The van der Waals surface area contributed by atoms with Gasteiger partial charge in [0.2, 0.25) is 0 Å². The van der Waals surface area contributed by atoms with Crippen molar-refractivity contribution in [1.29, 1.82) is 0 Å². The predicted octanol–water partition coefficient (Wildman–Crippen LogP) is 19.8. The van der Waals surface area contributed by atoms with E-state index in [4.69, 9.17) is 14.2 Å². The first-order valence-electron chi connectivity index (χ1n) is 28.8. The van der Waals surface area contributed by atoms with Crippen LogP contribution in [0.5, 0.6) is 0 Å². The Morgan fingerprint density at radius 3 is 1.07 bits per heavy atom. The van der Waals surface area contributed by atoms with E-state index in [2.05, 4.69) is 118 Å². The van der Waals surface area contributed by atoms with Gasteiger partial charge in [-0.05, 0) is 116 Å². The van der Waals surface area contributed by atoms with Gasteiger partial charge in [0.15, 0.2) is 6.10 Å². The summed E-state index contributed by atoms with van der Waals surface area (Å²) in [5.41, 5.74) is 0. The van der Waals surface area contributed by atoms with Crippen LogP contribution >= 0.6 is 0 Å². The first-order chi connectivity index (χ1) is 33.6. The third kappa shape index (κ3) is 55.4. The molecule has 0 bridgehead atoms. The van der Waals surface area contributed by atoms with Crippen LogP contribution in [-0.4, -0.2) is 37.9 Å². The average molecular weight is 946 g/mol. The van der Waals surface area contributed by atoms with E-state index in [1.54, 1.807) is 0 Å². The molecule has 0 aromatic rings. The van der Waals surface area contributed by atoms with Crippen molar-refractivity contribution in [2.45, 2.75) is 271 Å².